The summed E-state index contributed by atoms with van der Waals surface area (Å²) in [7, 11) is 1.81. The van der Waals surface area contributed by atoms with Crippen molar-refractivity contribution in [1.29, 1.82) is 0 Å². The van der Waals surface area contributed by atoms with E-state index in [0.717, 1.165) is 44.9 Å². The van der Waals surface area contributed by atoms with E-state index in [1.165, 1.54) is 5.57 Å². The summed E-state index contributed by atoms with van der Waals surface area (Å²) in [5.41, 5.74) is -0.124. The molecule has 4 aliphatic carbocycles. The predicted octanol–water partition coefficient (Wildman–Crippen LogP) is 5.18. The van der Waals surface area contributed by atoms with Crippen LogP contribution in [-0.4, -0.2) is 42.8 Å². The molecule has 33 heavy (non-hydrogen) atoms. The summed E-state index contributed by atoms with van der Waals surface area (Å²) in [4.78, 5) is 26.0. The fourth-order valence-electron chi connectivity index (χ4n) is 8.61. The normalized spacial score (nSPS) is 48.0. The molecule has 4 fully saturated rings. The second kappa shape index (κ2) is 8.13. The van der Waals surface area contributed by atoms with Gasteiger partial charge in [-0.2, -0.15) is 0 Å². The van der Waals surface area contributed by atoms with E-state index in [1.807, 2.05) is 13.2 Å². The molecule has 3 saturated carbocycles. The summed E-state index contributed by atoms with van der Waals surface area (Å²) < 4.78 is 19.4. The Morgan fingerprint density at radius 2 is 2.03 bits per heavy atom. The van der Waals surface area contributed by atoms with Crippen molar-refractivity contribution in [2.45, 2.75) is 103 Å². The third-order valence-electron chi connectivity index (χ3n) is 9.99. The van der Waals surface area contributed by atoms with Gasteiger partial charge in [0.05, 0.1) is 12.2 Å². The lowest BCUT2D eigenvalue weighted by molar-refractivity contribution is -0.202. The van der Waals surface area contributed by atoms with Crippen molar-refractivity contribution in [1.82, 2.24) is 0 Å². The molecule has 0 radical (unpaired) electrons. The first-order valence-corrected chi connectivity index (χ1v) is 13.1. The molecule has 0 N–H and O–H groups in total. The molecule has 0 spiro atoms. The number of ether oxygens (including phenoxy) is 3. The standard InChI is InChI=1S/C28H40O5/c1-6-8-22(30)28-23(32-24(33-28)9-7-2)15-20-19-11-10-17-14-18(29)12-13-26(17,3)25(19)21(31-5)16-27(20,28)4/h12-14,19-21,23-25H,6-11,15-16H2,1-5H3/t19-,20-,21-,23+,24?,25+,26-,27-,28+/m0/s1. The molecule has 1 unspecified atom stereocenters. The molecular formula is C28H40O5. The van der Waals surface area contributed by atoms with Gasteiger partial charge in [0.2, 0.25) is 0 Å². The Labute approximate surface area is 198 Å². The minimum Gasteiger partial charge on any atom is -0.381 e. The van der Waals surface area contributed by atoms with Crippen LogP contribution >= 0.6 is 0 Å². The second-order valence-corrected chi connectivity index (χ2v) is 11.5. The Hall–Kier alpha value is -1.30. The fourth-order valence-corrected chi connectivity index (χ4v) is 8.61. The Morgan fingerprint density at radius 3 is 2.73 bits per heavy atom. The van der Waals surface area contributed by atoms with E-state index in [9.17, 15) is 9.59 Å². The van der Waals surface area contributed by atoms with Crippen LogP contribution in [-0.2, 0) is 23.8 Å². The van der Waals surface area contributed by atoms with Crippen LogP contribution in [0.4, 0.5) is 0 Å². The molecule has 5 nitrogen and oxygen atoms in total. The minimum atomic E-state index is -0.870. The van der Waals surface area contributed by atoms with Gasteiger partial charge in [0.25, 0.3) is 0 Å². The average Bonchev–Trinajstić information content (AvgIpc) is 3.26. The molecule has 0 aromatic heterocycles. The van der Waals surface area contributed by atoms with Gasteiger partial charge in [-0.15, -0.1) is 0 Å². The quantitative estimate of drug-likeness (QED) is 0.551. The van der Waals surface area contributed by atoms with Crippen LogP contribution < -0.4 is 0 Å². The Kier molecular flexibility index (Phi) is 5.78. The number of rotatable bonds is 6. The van der Waals surface area contributed by atoms with E-state index in [4.69, 9.17) is 14.2 Å². The van der Waals surface area contributed by atoms with Gasteiger partial charge in [0, 0.05) is 30.3 Å². The largest absolute Gasteiger partial charge is 0.381 e. The van der Waals surface area contributed by atoms with Crippen molar-refractivity contribution in [3.8, 4) is 0 Å². The number of hydrogen-bond acceptors (Lipinski definition) is 5. The van der Waals surface area contributed by atoms with Crippen LogP contribution in [0, 0.1) is 28.6 Å². The van der Waals surface area contributed by atoms with Gasteiger partial charge in [-0.1, -0.05) is 45.8 Å². The second-order valence-electron chi connectivity index (χ2n) is 11.5. The fraction of sp³-hybridized carbons (Fsp3) is 0.786. The molecule has 0 aromatic carbocycles. The van der Waals surface area contributed by atoms with Crippen LogP contribution in [0.1, 0.15) is 79.1 Å². The lowest BCUT2D eigenvalue weighted by atomic mass is 9.46. The number of Topliss-reactive ketones (excluding diaryl/α,β-unsaturated/α-hetero) is 1. The zero-order valence-corrected chi connectivity index (χ0v) is 20.9. The molecule has 1 heterocycles. The van der Waals surface area contributed by atoms with Crippen molar-refractivity contribution in [3.63, 3.8) is 0 Å². The molecule has 5 aliphatic rings. The SMILES string of the molecule is CCCC(=O)[C@@]12OC(CCC)O[C@@H]1C[C@H]1[C@@H]3CCC4=CC(=O)C=C[C@]4(C)[C@H]3[C@@H](OC)C[C@@]12C. The third-order valence-corrected chi connectivity index (χ3v) is 9.99. The zero-order chi connectivity index (χ0) is 23.6. The summed E-state index contributed by atoms with van der Waals surface area (Å²) in [6.45, 7) is 8.78. The maximum Gasteiger partial charge on any atom is 0.178 e. The van der Waals surface area contributed by atoms with Gasteiger partial charge in [-0.05, 0) is 62.5 Å². The molecule has 0 aromatic rings. The van der Waals surface area contributed by atoms with Gasteiger partial charge in [-0.25, -0.2) is 0 Å². The van der Waals surface area contributed by atoms with E-state index in [2.05, 4.69) is 33.8 Å². The van der Waals surface area contributed by atoms with Gasteiger partial charge in [0.15, 0.2) is 23.5 Å². The monoisotopic (exact) mass is 456 g/mol. The average molecular weight is 457 g/mol. The summed E-state index contributed by atoms with van der Waals surface area (Å²) in [6.07, 6.45) is 12.0. The summed E-state index contributed by atoms with van der Waals surface area (Å²) >= 11 is 0. The number of allylic oxidation sites excluding steroid dienone is 4. The first kappa shape index (κ1) is 23.4. The molecule has 9 atom stereocenters. The highest BCUT2D eigenvalue weighted by Gasteiger charge is 2.75. The number of methoxy groups -OCH3 is 1. The maximum atomic E-state index is 13.8. The van der Waals surface area contributed by atoms with Gasteiger partial charge in [0.1, 0.15) is 0 Å². The summed E-state index contributed by atoms with van der Waals surface area (Å²) in [6, 6.07) is 0. The molecule has 0 bridgehead atoms. The Morgan fingerprint density at radius 1 is 1.24 bits per heavy atom. The van der Waals surface area contributed by atoms with Crippen molar-refractivity contribution in [3.05, 3.63) is 23.8 Å². The smallest absolute Gasteiger partial charge is 0.178 e. The summed E-state index contributed by atoms with van der Waals surface area (Å²) in [5, 5.41) is 0. The number of carbonyl (C=O) groups excluding carboxylic acids is 2. The number of carbonyl (C=O) groups is 2. The van der Waals surface area contributed by atoms with E-state index in [1.54, 1.807) is 6.08 Å². The summed E-state index contributed by atoms with van der Waals surface area (Å²) in [5.74, 6) is 1.35. The molecule has 1 saturated heterocycles. The third kappa shape index (κ3) is 3.07. The molecule has 0 amide bonds. The topological polar surface area (TPSA) is 61.8 Å². The van der Waals surface area contributed by atoms with E-state index in [-0.39, 0.29) is 46.8 Å². The first-order valence-electron chi connectivity index (χ1n) is 13.1. The molecular weight excluding hydrogens is 416 g/mol. The van der Waals surface area contributed by atoms with E-state index >= 15 is 0 Å². The van der Waals surface area contributed by atoms with Crippen LogP contribution in [0.25, 0.3) is 0 Å². The van der Waals surface area contributed by atoms with Crippen LogP contribution in [0.2, 0.25) is 0 Å². The van der Waals surface area contributed by atoms with E-state index < -0.39 is 5.60 Å². The van der Waals surface area contributed by atoms with Crippen LogP contribution in [0.5, 0.6) is 0 Å². The minimum absolute atomic E-state index is 0.00155. The van der Waals surface area contributed by atoms with Crippen molar-refractivity contribution in [2.24, 2.45) is 28.6 Å². The molecule has 1 aliphatic heterocycles. The van der Waals surface area contributed by atoms with Gasteiger partial charge >= 0.3 is 0 Å². The van der Waals surface area contributed by atoms with Gasteiger partial charge < -0.3 is 14.2 Å². The lowest BCUT2D eigenvalue weighted by Crippen LogP contribution is -2.63. The lowest BCUT2D eigenvalue weighted by Gasteiger charge is -2.60. The van der Waals surface area contributed by atoms with Crippen molar-refractivity contribution >= 4 is 11.6 Å². The number of ketones is 2. The number of fused-ring (bicyclic) bond motifs is 7. The molecule has 5 rings (SSSR count). The van der Waals surface area contributed by atoms with Crippen molar-refractivity contribution < 1.29 is 23.8 Å². The molecule has 182 valence electrons. The maximum absolute atomic E-state index is 13.8. The van der Waals surface area contributed by atoms with Crippen LogP contribution in [0.3, 0.4) is 0 Å². The predicted molar refractivity (Wildman–Crippen MR) is 125 cm³/mol. The Balaban J connectivity index is 1.57. The highest BCUT2D eigenvalue weighted by Crippen LogP contribution is 2.70. The highest BCUT2D eigenvalue weighted by atomic mass is 16.7. The Bertz CT molecular complexity index is 891. The number of hydrogen-bond donors (Lipinski definition) is 0. The van der Waals surface area contributed by atoms with Gasteiger partial charge in [-0.3, -0.25) is 9.59 Å². The van der Waals surface area contributed by atoms with Crippen LogP contribution in [0.15, 0.2) is 23.8 Å². The highest BCUT2D eigenvalue weighted by molar-refractivity contribution is 6.01. The van der Waals surface area contributed by atoms with E-state index in [0.29, 0.717) is 18.3 Å². The first-order chi connectivity index (χ1) is 15.7. The zero-order valence-electron chi connectivity index (χ0n) is 20.9. The van der Waals surface area contributed by atoms with Crippen molar-refractivity contribution in [2.75, 3.05) is 7.11 Å². The molecule has 5 heteroatoms.